The van der Waals surface area contributed by atoms with Crippen LogP contribution < -0.4 is 0 Å². The van der Waals surface area contributed by atoms with Crippen LogP contribution in [0.2, 0.25) is 0 Å². The summed E-state index contributed by atoms with van der Waals surface area (Å²) in [5, 5.41) is 0. The highest BCUT2D eigenvalue weighted by atomic mass is 19.1. The molecular formula is C17H22FNO3. The molecule has 0 aromatic heterocycles. The van der Waals surface area contributed by atoms with Gasteiger partial charge in [-0.3, -0.25) is 9.59 Å². The van der Waals surface area contributed by atoms with Crippen LogP contribution >= 0.6 is 0 Å². The van der Waals surface area contributed by atoms with Crippen molar-refractivity contribution < 1.29 is 18.7 Å². The number of amides is 1. The molecule has 1 aromatic rings. The average Bonchev–Trinajstić information content (AvgIpc) is 2.47. The van der Waals surface area contributed by atoms with Crippen molar-refractivity contribution in [2.75, 3.05) is 6.61 Å². The number of halogens is 1. The number of benzene rings is 1. The fourth-order valence-corrected chi connectivity index (χ4v) is 2.95. The van der Waals surface area contributed by atoms with E-state index in [-0.39, 0.29) is 36.8 Å². The molecule has 0 N–H and O–H groups in total. The Labute approximate surface area is 130 Å². The smallest absolute Gasteiger partial charge is 0.310 e. The summed E-state index contributed by atoms with van der Waals surface area (Å²) in [7, 11) is 0. The number of esters is 1. The minimum absolute atomic E-state index is 0.0403. The summed E-state index contributed by atoms with van der Waals surface area (Å²) in [6.45, 7) is 3.82. The molecule has 0 radical (unpaired) electrons. The third-order valence-corrected chi connectivity index (χ3v) is 4.10. The van der Waals surface area contributed by atoms with Crippen LogP contribution in [0.1, 0.15) is 38.7 Å². The van der Waals surface area contributed by atoms with Gasteiger partial charge in [0.25, 0.3) is 5.91 Å². The van der Waals surface area contributed by atoms with Gasteiger partial charge in [-0.1, -0.05) is 12.1 Å². The Morgan fingerprint density at radius 3 is 2.36 bits per heavy atom. The minimum atomic E-state index is -0.475. The number of ether oxygens (including phenoxy) is 1. The molecular weight excluding hydrogens is 285 g/mol. The molecule has 0 saturated carbocycles. The maximum atomic E-state index is 12.8. The van der Waals surface area contributed by atoms with Gasteiger partial charge in [-0.05, 0) is 50.8 Å². The zero-order valence-electron chi connectivity index (χ0n) is 13.0. The summed E-state index contributed by atoms with van der Waals surface area (Å²) in [5.41, 5.74) is 0.665. The van der Waals surface area contributed by atoms with Crippen molar-refractivity contribution in [3.05, 3.63) is 35.6 Å². The third-order valence-electron chi connectivity index (χ3n) is 4.10. The van der Waals surface area contributed by atoms with Crippen LogP contribution in [-0.4, -0.2) is 35.5 Å². The van der Waals surface area contributed by atoms with Crippen molar-refractivity contribution in [2.24, 2.45) is 0 Å². The Morgan fingerprint density at radius 2 is 1.77 bits per heavy atom. The summed E-state index contributed by atoms with van der Waals surface area (Å²) in [6, 6.07) is 6.04. The lowest BCUT2D eigenvalue weighted by Crippen LogP contribution is -2.49. The molecule has 1 aliphatic heterocycles. The Bertz CT molecular complexity index is 519. The van der Waals surface area contributed by atoms with Gasteiger partial charge in [0.2, 0.25) is 0 Å². The van der Waals surface area contributed by atoms with Crippen molar-refractivity contribution in [3.8, 4) is 0 Å². The molecule has 1 fully saturated rings. The Balaban J connectivity index is 1.82. The lowest BCUT2D eigenvalue weighted by atomic mass is 9.97. The van der Waals surface area contributed by atoms with E-state index in [1.54, 1.807) is 0 Å². The molecule has 2 rings (SSSR count). The van der Waals surface area contributed by atoms with Gasteiger partial charge in [-0.2, -0.15) is 0 Å². The zero-order valence-corrected chi connectivity index (χ0v) is 13.0. The molecule has 0 unspecified atom stereocenters. The number of nitrogens with zero attached hydrogens (tertiary/aromatic N) is 1. The van der Waals surface area contributed by atoms with Gasteiger partial charge in [-0.15, -0.1) is 0 Å². The molecule has 1 aromatic carbocycles. The largest absolute Gasteiger partial charge is 0.455 e. The first kappa shape index (κ1) is 16.5. The zero-order chi connectivity index (χ0) is 16.1. The number of likely N-dealkylation sites (tertiary alicyclic amines) is 1. The molecule has 0 aliphatic carbocycles. The minimum Gasteiger partial charge on any atom is -0.455 e. The first-order valence-electron chi connectivity index (χ1n) is 7.68. The first-order chi connectivity index (χ1) is 10.5. The average molecular weight is 307 g/mol. The van der Waals surface area contributed by atoms with E-state index < -0.39 is 5.97 Å². The van der Waals surface area contributed by atoms with Gasteiger partial charge in [0.15, 0.2) is 6.61 Å². The molecule has 5 heteroatoms. The predicted molar refractivity (Wildman–Crippen MR) is 80.7 cm³/mol. The summed E-state index contributed by atoms with van der Waals surface area (Å²) in [6.07, 6.45) is 3.13. The highest BCUT2D eigenvalue weighted by Crippen LogP contribution is 2.22. The van der Waals surface area contributed by atoms with Crippen LogP contribution in [0.25, 0.3) is 0 Å². The molecule has 120 valence electrons. The molecule has 0 spiro atoms. The van der Waals surface area contributed by atoms with Crippen molar-refractivity contribution in [2.45, 2.75) is 51.6 Å². The van der Waals surface area contributed by atoms with E-state index >= 15 is 0 Å². The Kier molecular flexibility index (Phi) is 5.52. The van der Waals surface area contributed by atoms with E-state index in [4.69, 9.17) is 4.74 Å². The monoisotopic (exact) mass is 307 g/mol. The van der Waals surface area contributed by atoms with Gasteiger partial charge in [0, 0.05) is 12.1 Å². The van der Waals surface area contributed by atoms with Crippen LogP contribution in [0.5, 0.6) is 0 Å². The highest BCUT2D eigenvalue weighted by molar-refractivity contribution is 5.81. The van der Waals surface area contributed by atoms with Crippen LogP contribution in [-0.2, 0) is 20.7 Å². The molecule has 0 bridgehead atoms. The van der Waals surface area contributed by atoms with Gasteiger partial charge in [-0.25, -0.2) is 4.39 Å². The van der Waals surface area contributed by atoms with E-state index in [0.717, 1.165) is 19.3 Å². The topological polar surface area (TPSA) is 46.6 Å². The van der Waals surface area contributed by atoms with Crippen LogP contribution in [0.15, 0.2) is 24.3 Å². The van der Waals surface area contributed by atoms with Crippen molar-refractivity contribution in [1.82, 2.24) is 4.90 Å². The molecule has 1 saturated heterocycles. The maximum absolute atomic E-state index is 12.8. The van der Waals surface area contributed by atoms with Crippen molar-refractivity contribution in [1.29, 1.82) is 0 Å². The second kappa shape index (κ2) is 7.38. The van der Waals surface area contributed by atoms with Crippen LogP contribution in [0.4, 0.5) is 4.39 Å². The molecule has 1 amide bonds. The molecule has 1 aliphatic rings. The second-order valence-electron chi connectivity index (χ2n) is 5.89. The normalized spacial score (nSPS) is 21.5. The van der Waals surface area contributed by atoms with Crippen molar-refractivity contribution in [3.63, 3.8) is 0 Å². The summed E-state index contributed by atoms with van der Waals surface area (Å²) in [4.78, 5) is 25.8. The molecule has 22 heavy (non-hydrogen) atoms. The SMILES string of the molecule is C[C@@H]1CCC[C@@H](C)N1C(=O)COC(=O)Cc1ccc(F)cc1. The molecule has 2 atom stereocenters. The number of carbonyl (C=O) groups is 2. The highest BCUT2D eigenvalue weighted by Gasteiger charge is 2.29. The number of hydrogen-bond acceptors (Lipinski definition) is 3. The standard InChI is InChI=1S/C17H22FNO3/c1-12-4-3-5-13(2)19(12)16(20)11-22-17(21)10-14-6-8-15(18)9-7-14/h6-9,12-13H,3-5,10-11H2,1-2H3/t12-,13-/m1/s1. The lowest BCUT2D eigenvalue weighted by Gasteiger charge is -2.38. The van der Waals surface area contributed by atoms with Gasteiger partial charge < -0.3 is 9.64 Å². The van der Waals surface area contributed by atoms with Crippen LogP contribution in [0.3, 0.4) is 0 Å². The van der Waals surface area contributed by atoms with Gasteiger partial charge >= 0.3 is 5.97 Å². The van der Waals surface area contributed by atoms with Gasteiger partial charge in [0.05, 0.1) is 6.42 Å². The summed E-state index contributed by atoms with van der Waals surface area (Å²) in [5.74, 6) is -0.968. The fourth-order valence-electron chi connectivity index (χ4n) is 2.95. The predicted octanol–water partition coefficient (Wildman–Crippen LogP) is 2.70. The van der Waals surface area contributed by atoms with E-state index in [9.17, 15) is 14.0 Å². The quantitative estimate of drug-likeness (QED) is 0.804. The fraction of sp³-hybridized carbons (Fsp3) is 0.529. The number of carbonyl (C=O) groups excluding carboxylic acids is 2. The van der Waals surface area contributed by atoms with E-state index in [0.29, 0.717) is 5.56 Å². The van der Waals surface area contributed by atoms with E-state index in [1.165, 1.54) is 24.3 Å². The first-order valence-corrected chi connectivity index (χ1v) is 7.68. The van der Waals surface area contributed by atoms with E-state index in [2.05, 4.69) is 0 Å². The number of rotatable bonds is 4. The Morgan fingerprint density at radius 1 is 1.18 bits per heavy atom. The summed E-state index contributed by atoms with van der Waals surface area (Å²) >= 11 is 0. The second-order valence-corrected chi connectivity index (χ2v) is 5.89. The molecule has 1 heterocycles. The van der Waals surface area contributed by atoms with Crippen molar-refractivity contribution >= 4 is 11.9 Å². The summed E-state index contributed by atoms with van der Waals surface area (Å²) < 4.78 is 17.9. The Hall–Kier alpha value is -1.91. The number of piperidine rings is 1. The molecule has 4 nitrogen and oxygen atoms in total. The van der Waals surface area contributed by atoms with Gasteiger partial charge in [0.1, 0.15) is 5.82 Å². The number of hydrogen-bond donors (Lipinski definition) is 0. The maximum Gasteiger partial charge on any atom is 0.310 e. The van der Waals surface area contributed by atoms with E-state index in [1.807, 2.05) is 18.7 Å². The van der Waals surface area contributed by atoms with Crippen LogP contribution in [0, 0.1) is 5.82 Å². The third kappa shape index (κ3) is 4.29. The lowest BCUT2D eigenvalue weighted by molar-refractivity contribution is -0.154.